The van der Waals surface area contributed by atoms with Crippen molar-refractivity contribution in [2.75, 3.05) is 0 Å². The Morgan fingerprint density at radius 2 is 2.27 bits per heavy atom. The summed E-state index contributed by atoms with van der Waals surface area (Å²) >= 11 is 0.790. The van der Waals surface area contributed by atoms with E-state index in [2.05, 4.69) is 12.2 Å². The van der Waals surface area contributed by atoms with E-state index in [0.717, 1.165) is 31.0 Å². The predicted octanol–water partition coefficient (Wildman–Crippen LogP) is 1.53. The van der Waals surface area contributed by atoms with Crippen LogP contribution in [0.15, 0.2) is 0 Å². The zero-order chi connectivity index (χ0) is 8.27. The molecule has 1 saturated heterocycles. The van der Waals surface area contributed by atoms with E-state index in [1.165, 1.54) is 0 Å². The van der Waals surface area contributed by atoms with E-state index in [4.69, 9.17) is 0 Å². The molecule has 0 spiro atoms. The molecule has 1 unspecified atom stereocenters. The molecule has 1 aliphatic rings. The first-order valence-corrected chi connectivity index (χ1v) is 4.58. The van der Waals surface area contributed by atoms with Crippen LogP contribution in [0.4, 0.5) is 4.79 Å². The van der Waals surface area contributed by atoms with Gasteiger partial charge in [0.2, 0.25) is 5.12 Å². The van der Waals surface area contributed by atoms with Crippen LogP contribution in [0, 0.1) is 0 Å². The molecule has 0 bridgehead atoms. The van der Waals surface area contributed by atoms with Crippen molar-refractivity contribution in [1.29, 1.82) is 0 Å². The lowest BCUT2D eigenvalue weighted by atomic mass is 10.1. The molecule has 62 valence electrons. The first-order valence-electron chi connectivity index (χ1n) is 3.76. The molecule has 1 amide bonds. The number of hydrogen-bond donors (Lipinski definition) is 1. The summed E-state index contributed by atoms with van der Waals surface area (Å²) in [6.07, 6.45) is 2.84. The molecule has 0 aromatic carbocycles. The van der Waals surface area contributed by atoms with Crippen LogP contribution in [0.2, 0.25) is 0 Å². The van der Waals surface area contributed by atoms with Gasteiger partial charge in [-0.25, -0.2) is 0 Å². The molecule has 1 rings (SSSR count). The molecular formula is C7H11NO2S. The van der Waals surface area contributed by atoms with Crippen LogP contribution >= 0.6 is 11.8 Å². The minimum Gasteiger partial charge on any atom is -0.336 e. The highest BCUT2D eigenvalue weighted by atomic mass is 32.2. The van der Waals surface area contributed by atoms with Crippen LogP contribution < -0.4 is 5.32 Å². The first-order chi connectivity index (χ1) is 5.24. The van der Waals surface area contributed by atoms with Gasteiger partial charge in [0.05, 0.1) is 6.04 Å². The van der Waals surface area contributed by atoms with Crippen LogP contribution in [0.5, 0.6) is 0 Å². The number of amides is 1. The van der Waals surface area contributed by atoms with Crippen molar-refractivity contribution in [3.63, 3.8) is 0 Å². The SMILES string of the molecule is CCCCC1NC(=O)SC1=O. The van der Waals surface area contributed by atoms with Gasteiger partial charge in [0, 0.05) is 11.8 Å². The summed E-state index contributed by atoms with van der Waals surface area (Å²) in [5.41, 5.74) is 0. The minimum atomic E-state index is -0.215. The average Bonchev–Trinajstić information content (AvgIpc) is 2.26. The highest BCUT2D eigenvalue weighted by molar-refractivity contribution is 8.26. The molecule has 0 saturated carbocycles. The summed E-state index contributed by atoms with van der Waals surface area (Å²) in [6.45, 7) is 2.06. The lowest BCUT2D eigenvalue weighted by Gasteiger charge is -2.04. The van der Waals surface area contributed by atoms with Gasteiger partial charge in [0.1, 0.15) is 0 Å². The van der Waals surface area contributed by atoms with Crippen LogP contribution in [0.3, 0.4) is 0 Å². The monoisotopic (exact) mass is 173 g/mol. The van der Waals surface area contributed by atoms with Gasteiger partial charge >= 0.3 is 0 Å². The zero-order valence-corrected chi connectivity index (χ0v) is 7.24. The second kappa shape index (κ2) is 3.76. The third-order valence-corrected chi connectivity index (χ3v) is 2.41. The van der Waals surface area contributed by atoms with Crippen molar-refractivity contribution in [1.82, 2.24) is 5.32 Å². The number of thioether (sulfide) groups is 1. The van der Waals surface area contributed by atoms with Crippen molar-refractivity contribution in [2.45, 2.75) is 32.2 Å². The molecule has 3 nitrogen and oxygen atoms in total. The Morgan fingerprint density at radius 3 is 2.73 bits per heavy atom. The maximum Gasteiger partial charge on any atom is 0.287 e. The quantitative estimate of drug-likeness (QED) is 0.704. The molecular weight excluding hydrogens is 162 g/mol. The number of hydrogen-bond acceptors (Lipinski definition) is 3. The molecule has 4 heteroatoms. The fraction of sp³-hybridized carbons (Fsp3) is 0.714. The van der Waals surface area contributed by atoms with Gasteiger partial charge in [-0.2, -0.15) is 0 Å². The van der Waals surface area contributed by atoms with Crippen LogP contribution in [-0.4, -0.2) is 16.4 Å². The van der Waals surface area contributed by atoms with Gasteiger partial charge in [-0.1, -0.05) is 19.8 Å². The average molecular weight is 173 g/mol. The summed E-state index contributed by atoms with van der Waals surface area (Å²) in [6, 6.07) is -0.215. The molecule has 1 atom stereocenters. The number of unbranched alkanes of at least 4 members (excludes halogenated alkanes) is 1. The smallest absolute Gasteiger partial charge is 0.287 e. The Hall–Kier alpha value is -0.510. The fourth-order valence-corrected chi connectivity index (χ4v) is 1.69. The van der Waals surface area contributed by atoms with Crippen molar-refractivity contribution in [3.8, 4) is 0 Å². The molecule has 1 heterocycles. The molecule has 1 fully saturated rings. The highest BCUT2D eigenvalue weighted by Crippen LogP contribution is 2.18. The first kappa shape index (κ1) is 8.59. The second-order valence-electron chi connectivity index (χ2n) is 2.55. The summed E-state index contributed by atoms with van der Waals surface area (Å²) in [4.78, 5) is 21.6. The van der Waals surface area contributed by atoms with Crippen LogP contribution in [0.25, 0.3) is 0 Å². The number of carbonyl (C=O) groups excluding carboxylic acids is 2. The van der Waals surface area contributed by atoms with E-state index < -0.39 is 0 Å². The van der Waals surface area contributed by atoms with E-state index in [9.17, 15) is 9.59 Å². The lowest BCUT2D eigenvalue weighted by Crippen LogP contribution is -2.28. The third-order valence-electron chi connectivity index (χ3n) is 1.62. The van der Waals surface area contributed by atoms with Gasteiger partial charge < -0.3 is 5.32 Å². The standard InChI is InChI=1S/C7H11NO2S/c1-2-3-4-5-6(9)11-7(10)8-5/h5H,2-4H2,1H3,(H,8,10). The van der Waals surface area contributed by atoms with Gasteiger partial charge in [-0.15, -0.1) is 0 Å². The second-order valence-corrected chi connectivity index (χ2v) is 3.52. The molecule has 1 N–H and O–H groups in total. The molecule has 0 aliphatic carbocycles. The van der Waals surface area contributed by atoms with E-state index in [1.807, 2.05) is 0 Å². The van der Waals surface area contributed by atoms with Gasteiger partial charge in [0.25, 0.3) is 5.24 Å². The van der Waals surface area contributed by atoms with Crippen molar-refractivity contribution in [3.05, 3.63) is 0 Å². The maximum absolute atomic E-state index is 11.0. The molecule has 0 radical (unpaired) electrons. The maximum atomic E-state index is 11.0. The topological polar surface area (TPSA) is 46.2 Å². The van der Waals surface area contributed by atoms with Crippen molar-refractivity contribution in [2.24, 2.45) is 0 Å². The Balaban J connectivity index is 2.34. The molecule has 0 aromatic heterocycles. The molecule has 1 aliphatic heterocycles. The largest absolute Gasteiger partial charge is 0.336 e. The van der Waals surface area contributed by atoms with Gasteiger partial charge in [-0.05, 0) is 6.42 Å². The highest BCUT2D eigenvalue weighted by Gasteiger charge is 2.30. The van der Waals surface area contributed by atoms with Crippen LogP contribution in [0.1, 0.15) is 26.2 Å². The van der Waals surface area contributed by atoms with Crippen LogP contribution in [-0.2, 0) is 4.79 Å². The number of rotatable bonds is 3. The summed E-state index contributed by atoms with van der Waals surface area (Å²) in [5, 5.41) is 2.39. The zero-order valence-electron chi connectivity index (χ0n) is 6.42. The Morgan fingerprint density at radius 1 is 1.55 bits per heavy atom. The van der Waals surface area contributed by atoms with E-state index in [0.29, 0.717) is 0 Å². The lowest BCUT2D eigenvalue weighted by molar-refractivity contribution is -0.112. The fourth-order valence-electron chi connectivity index (χ4n) is 0.991. The predicted molar refractivity (Wildman–Crippen MR) is 44.4 cm³/mol. The Bertz CT molecular complexity index is 181. The summed E-state index contributed by atoms with van der Waals surface area (Å²) in [7, 11) is 0. The minimum absolute atomic E-state index is 0.0246. The van der Waals surface area contributed by atoms with Gasteiger partial charge in [0.15, 0.2) is 0 Å². The van der Waals surface area contributed by atoms with E-state index in [-0.39, 0.29) is 16.4 Å². The molecule has 0 aromatic rings. The Labute approximate surface area is 69.9 Å². The van der Waals surface area contributed by atoms with Gasteiger partial charge in [-0.3, -0.25) is 9.59 Å². The van der Waals surface area contributed by atoms with Crippen molar-refractivity contribution >= 4 is 22.1 Å². The number of nitrogens with one attached hydrogen (secondary N) is 1. The molecule has 11 heavy (non-hydrogen) atoms. The van der Waals surface area contributed by atoms with E-state index >= 15 is 0 Å². The number of carbonyl (C=O) groups is 2. The third kappa shape index (κ3) is 2.22. The summed E-state index contributed by atoms with van der Waals surface area (Å²) < 4.78 is 0. The van der Waals surface area contributed by atoms with E-state index in [1.54, 1.807) is 0 Å². The normalized spacial score (nSPS) is 23.9. The van der Waals surface area contributed by atoms with Crippen molar-refractivity contribution < 1.29 is 9.59 Å². The summed E-state index contributed by atoms with van der Waals surface area (Å²) in [5.74, 6) is 0. The Kier molecular flexibility index (Phi) is 2.93.